The molecule has 0 saturated heterocycles. The van der Waals surface area contributed by atoms with E-state index in [-0.39, 0.29) is 6.42 Å². The summed E-state index contributed by atoms with van der Waals surface area (Å²) in [7, 11) is 3.52. The number of carboxylic acids is 1. The Morgan fingerprint density at radius 2 is 1.78 bits per heavy atom. The van der Waals surface area contributed by atoms with Crippen LogP contribution in [0.25, 0.3) is 0 Å². The van der Waals surface area contributed by atoms with Crippen molar-refractivity contribution in [3.63, 3.8) is 0 Å². The Balaban J connectivity index is 1.67. The second-order valence-electron chi connectivity index (χ2n) is 8.08. The first-order valence-electron chi connectivity index (χ1n) is 11.4. The standard InChI is InChI=1S/C25H31ClN6O4/c1-32(10-3-4-25(33)34)15-17-12-18(5-7-20(17)26)30-23-14-24(29-16-28-23)31-19-6-8-21(35-2)22(13-19)36-11-9-27/h5-8,12-14,16H,3-4,9-11,15,27H2,1-2H3,(H,33,34)(H2,28,29,30,31). The van der Waals surface area contributed by atoms with E-state index < -0.39 is 5.97 Å². The number of carbonyl (C=O) groups is 1. The smallest absolute Gasteiger partial charge is 0.303 e. The van der Waals surface area contributed by atoms with Crippen molar-refractivity contribution >= 4 is 40.6 Å². The van der Waals surface area contributed by atoms with Crippen LogP contribution in [0.2, 0.25) is 5.02 Å². The lowest BCUT2D eigenvalue weighted by Gasteiger charge is -2.18. The summed E-state index contributed by atoms with van der Waals surface area (Å²) >= 11 is 6.40. The highest BCUT2D eigenvalue weighted by Crippen LogP contribution is 2.31. The lowest BCUT2D eigenvalue weighted by Crippen LogP contribution is -2.20. The largest absolute Gasteiger partial charge is 0.493 e. The number of aliphatic carboxylic acids is 1. The maximum absolute atomic E-state index is 10.7. The number of methoxy groups -OCH3 is 1. The zero-order valence-corrected chi connectivity index (χ0v) is 21.1. The highest BCUT2D eigenvalue weighted by Gasteiger charge is 2.10. The first-order valence-corrected chi connectivity index (χ1v) is 11.8. The normalized spacial score (nSPS) is 10.8. The lowest BCUT2D eigenvalue weighted by molar-refractivity contribution is -0.137. The molecule has 1 heterocycles. The molecule has 0 radical (unpaired) electrons. The van der Waals surface area contributed by atoms with Gasteiger partial charge in [-0.1, -0.05) is 11.6 Å². The van der Waals surface area contributed by atoms with Gasteiger partial charge >= 0.3 is 5.97 Å². The average Bonchev–Trinajstić information content (AvgIpc) is 2.85. The molecule has 1 aromatic heterocycles. The number of carboxylic acid groups (broad SMARTS) is 1. The van der Waals surface area contributed by atoms with E-state index in [2.05, 4.69) is 20.6 Å². The molecule has 3 aromatic rings. The summed E-state index contributed by atoms with van der Waals surface area (Å²) in [5.74, 6) is 1.60. The van der Waals surface area contributed by atoms with Crippen molar-refractivity contribution in [1.82, 2.24) is 14.9 Å². The number of benzene rings is 2. The zero-order valence-electron chi connectivity index (χ0n) is 20.3. The summed E-state index contributed by atoms with van der Waals surface area (Å²) in [4.78, 5) is 21.4. The Kier molecular flexibility index (Phi) is 10.1. The lowest BCUT2D eigenvalue weighted by atomic mass is 10.1. The topological polar surface area (TPSA) is 135 Å². The van der Waals surface area contributed by atoms with Gasteiger partial charge < -0.3 is 35.8 Å². The van der Waals surface area contributed by atoms with Gasteiger partial charge in [0, 0.05) is 48.0 Å². The molecule has 0 aliphatic rings. The minimum absolute atomic E-state index is 0.141. The van der Waals surface area contributed by atoms with Gasteiger partial charge in [0.1, 0.15) is 24.6 Å². The molecule has 0 unspecified atom stereocenters. The monoisotopic (exact) mass is 514 g/mol. The maximum Gasteiger partial charge on any atom is 0.303 e. The number of nitrogens with two attached hydrogens (primary N) is 1. The molecule has 0 spiro atoms. The number of aromatic nitrogens is 2. The molecule has 3 rings (SSSR count). The van der Waals surface area contributed by atoms with Crippen LogP contribution in [-0.2, 0) is 11.3 Å². The van der Waals surface area contributed by atoms with Crippen molar-refractivity contribution in [2.45, 2.75) is 19.4 Å². The molecule has 0 bridgehead atoms. The Hall–Kier alpha value is -3.60. The minimum atomic E-state index is -0.793. The third-order valence-electron chi connectivity index (χ3n) is 5.17. The molecule has 11 heteroatoms. The number of hydrogen-bond donors (Lipinski definition) is 4. The Morgan fingerprint density at radius 1 is 1.08 bits per heavy atom. The molecule has 0 fully saturated rings. The van der Waals surface area contributed by atoms with E-state index in [4.69, 9.17) is 31.9 Å². The third-order valence-corrected chi connectivity index (χ3v) is 5.54. The molecule has 36 heavy (non-hydrogen) atoms. The van der Waals surface area contributed by atoms with Gasteiger partial charge in [-0.3, -0.25) is 4.79 Å². The summed E-state index contributed by atoms with van der Waals surface area (Å²) in [5, 5.41) is 16.0. The molecule has 0 aliphatic carbocycles. The van der Waals surface area contributed by atoms with Crippen LogP contribution in [0, 0.1) is 0 Å². The molecular formula is C25H31ClN6O4. The van der Waals surface area contributed by atoms with Gasteiger partial charge in [-0.15, -0.1) is 0 Å². The van der Waals surface area contributed by atoms with Gasteiger partial charge in [0.25, 0.3) is 0 Å². The van der Waals surface area contributed by atoms with Gasteiger partial charge in [-0.25, -0.2) is 9.97 Å². The SMILES string of the molecule is COc1ccc(Nc2cc(Nc3ccc(Cl)c(CN(C)CCCC(=O)O)c3)ncn2)cc1OCCN. The van der Waals surface area contributed by atoms with E-state index in [1.807, 2.05) is 48.3 Å². The van der Waals surface area contributed by atoms with Gasteiger partial charge in [-0.2, -0.15) is 0 Å². The van der Waals surface area contributed by atoms with Gasteiger partial charge in [0.15, 0.2) is 11.5 Å². The Labute approximate surface area is 215 Å². The molecule has 2 aromatic carbocycles. The second kappa shape index (κ2) is 13.5. The quantitative estimate of drug-likeness (QED) is 0.247. The highest BCUT2D eigenvalue weighted by atomic mass is 35.5. The van der Waals surface area contributed by atoms with Crippen molar-refractivity contribution in [3.05, 3.63) is 59.4 Å². The fraction of sp³-hybridized carbons (Fsp3) is 0.320. The van der Waals surface area contributed by atoms with Crippen LogP contribution in [0.4, 0.5) is 23.0 Å². The van der Waals surface area contributed by atoms with E-state index in [1.54, 1.807) is 13.2 Å². The third kappa shape index (κ3) is 8.26. The maximum atomic E-state index is 10.7. The van der Waals surface area contributed by atoms with Crippen molar-refractivity contribution in [1.29, 1.82) is 0 Å². The predicted octanol–water partition coefficient (Wildman–Crippen LogP) is 4.26. The van der Waals surface area contributed by atoms with E-state index >= 15 is 0 Å². The molecular weight excluding hydrogens is 484 g/mol. The summed E-state index contributed by atoms with van der Waals surface area (Å²) < 4.78 is 11.0. The molecule has 192 valence electrons. The average molecular weight is 515 g/mol. The van der Waals surface area contributed by atoms with Crippen LogP contribution in [0.3, 0.4) is 0 Å². The van der Waals surface area contributed by atoms with Crippen molar-refractivity contribution in [2.24, 2.45) is 5.73 Å². The fourth-order valence-electron chi connectivity index (χ4n) is 3.47. The van der Waals surface area contributed by atoms with E-state index in [9.17, 15) is 4.79 Å². The number of anilines is 4. The Morgan fingerprint density at radius 3 is 2.44 bits per heavy atom. The van der Waals surface area contributed by atoms with Gasteiger partial charge in [-0.05, 0) is 55.9 Å². The van der Waals surface area contributed by atoms with E-state index in [0.717, 1.165) is 16.9 Å². The van der Waals surface area contributed by atoms with Crippen LogP contribution in [-0.4, -0.2) is 59.8 Å². The molecule has 0 aliphatic heterocycles. The van der Waals surface area contributed by atoms with Gasteiger partial charge in [0.2, 0.25) is 0 Å². The van der Waals surface area contributed by atoms with Crippen LogP contribution in [0.15, 0.2) is 48.8 Å². The molecule has 10 nitrogen and oxygen atoms in total. The van der Waals surface area contributed by atoms with Crippen LogP contribution < -0.4 is 25.8 Å². The first kappa shape index (κ1) is 27.0. The highest BCUT2D eigenvalue weighted by molar-refractivity contribution is 6.31. The van der Waals surface area contributed by atoms with Crippen LogP contribution >= 0.6 is 11.6 Å². The number of nitrogens with one attached hydrogen (secondary N) is 2. The minimum Gasteiger partial charge on any atom is -0.493 e. The summed E-state index contributed by atoms with van der Waals surface area (Å²) in [6, 6.07) is 12.9. The summed E-state index contributed by atoms with van der Waals surface area (Å²) in [6.07, 6.45) is 2.18. The molecule has 5 N–H and O–H groups in total. The molecule has 0 saturated carbocycles. The molecule has 0 atom stereocenters. The second-order valence-corrected chi connectivity index (χ2v) is 8.49. The van der Waals surface area contributed by atoms with Gasteiger partial charge in [0.05, 0.1) is 7.11 Å². The van der Waals surface area contributed by atoms with Crippen LogP contribution in [0.5, 0.6) is 11.5 Å². The van der Waals surface area contributed by atoms with Crippen LogP contribution in [0.1, 0.15) is 18.4 Å². The molecule has 0 amide bonds. The van der Waals surface area contributed by atoms with Crippen molar-refractivity contribution in [3.8, 4) is 11.5 Å². The van der Waals surface area contributed by atoms with Crippen molar-refractivity contribution < 1.29 is 19.4 Å². The first-order chi connectivity index (χ1) is 17.4. The number of halogens is 1. The predicted molar refractivity (Wildman–Crippen MR) is 141 cm³/mol. The summed E-state index contributed by atoms with van der Waals surface area (Å²) in [5.41, 5.74) is 8.06. The Bertz CT molecular complexity index is 1160. The fourth-order valence-corrected chi connectivity index (χ4v) is 3.65. The summed E-state index contributed by atoms with van der Waals surface area (Å²) in [6.45, 7) is 2.03. The number of rotatable bonds is 14. The van der Waals surface area contributed by atoms with E-state index in [1.165, 1.54) is 6.33 Å². The number of nitrogens with zero attached hydrogens (tertiary/aromatic N) is 3. The van der Waals surface area contributed by atoms with E-state index in [0.29, 0.717) is 60.8 Å². The number of ether oxygens (including phenoxy) is 2. The number of hydrogen-bond acceptors (Lipinski definition) is 9. The zero-order chi connectivity index (χ0) is 25.9. The van der Waals surface area contributed by atoms with Crippen molar-refractivity contribution in [2.75, 3.05) is 44.5 Å².